The lowest BCUT2D eigenvalue weighted by Crippen LogP contribution is -2.34. The van der Waals surface area contributed by atoms with Crippen LogP contribution in [0.4, 0.5) is 0 Å². The SMILES string of the molecule is CCCCN(C(=O)CCCNC)C1CC1. The van der Waals surface area contributed by atoms with E-state index in [0.717, 1.165) is 25.9 Å². The maximum absolute atomic E-state index is 11.9. The van der Waals surface area contributed by atoms with Crippen molar-refractivity contribution in [2.24, 2.45) is 0 Å². The Morgan fingerprint density at radius 1 is 1.40 bits per heavy atom. The fraction of sp³-hybridized carbons (Fsp3) is 0.917. The lowest BCUT2D eigenvalue weighted by Gasteiger charge is -2.22. The highest BCUT2D eigenvalue weighted by Gasteiger charge is 2.31. The van der Waals surface area contributed by atoms with E-state index in [1.807, 2.05) is 7.05 Å². The van der Waals surface area contributed by atoms with Crippen LogP contribution in [0, 0.1) is 0 Å². The second kappa shape index (κ2) is 6.83. The zero-order valence-corrected chi connectivity index (χ0v) is 10.1. The van der Waals surface area contributed by atoms with Gasteiger partial charge in [0.1, 0.15) is 0 Å². The summed E-state index contributed by atoms with van der Waals surface area (Å²) in [5, 5.41) is 3.08. The highest BCUT2D eigenvalue weighted by molar-refractivity contribution is 5.76. The van der Waals surface area contributed by atoms with Gasteiger partial charge in [0.05, 0.1) is 0 Å². The Morgan fingerprint density at radius 3 is 2.67 bits per heavy atom. The van der Waals surface area contributed by atoms with Crippen LogP contribution in [0.5, 0.6) is 0 Å². The van der Waals surface area contributed by atoms with Crippen molar-refractivity contribution in [2.45, 2.75) is 51.5 Å². The molecule has 0 unspecified atom stereocenters. The molecule has 0 bridgehead atoms. The topological polar surface area (TPSA) is 32.3 Å². The smallest absolute Gasteiger partial charge is 0.222 e. The van der Waals surface area contributed by atoms with E-state index in [-0.39, 0.29) is 0 Å². The van der Waals surface area contributed by atoms with Crippen LogP contribution in [0.25, 0.3) is 0 Å². The molecule has 0 spiro atoms. The molecule has 0 heterocycles. The minimum absolute atomic E-state index is 0.362. The molecular formula is C12H24N2O. The molecule has 0 atom stereocenters. The van der Waals surface area contributed by atoms with E-state index in [9.17, 15) is 4.79 Å². The zero-order chi connectivity index (χ0) is 11.1. The van der Waals surface area contributed by atoms with Crippen LogP contribution in [0.1, 0.15) is 45.4 Å². The first-order valence-electron chi connectivity index (χ1n) is 6.23. The van der Waals surface area contributed by atoms with E-state index in [2.05, 4.69) is 17.1 Å². The Hall–Kier alpha value is -0.570. The van der Waals surface area contributed by atoms with Crippen molar-refractivity contribution < 1.29 is 4.79 Å². The van der Waals surface area contributed by atoms with Crippen molar-refractivity contribution >= 4 is 5.91 Å². The predicted molar refractivity (Wildman–Crippen MR) is 62.8 cm³/mol. The standard InChI is InChI=1S/C12H24N2O/c1-3-4-10-14(11-7-8-11)12(15)6-5-9-13-2/h11,13H,3-10H2,1-2H3. The molecule has 0 aromatic carbocycles. The first kappa shape index (κ1) is 12.5. The number of hydrogen-bond donors (Lipinski definition) is 1. The van der Waals surface area contributed by atoms with E-state index >= 15 is 0 Å². The molecule has 1 saturated carbocycles. The monoisotopic (exact) mass is 212 g/mol. The number of rotatable bonds is 8. The third-order valence-corrected chi connectivity index (χ3v) is 2.88. The van der Waals surface area contributed by atoms with Crippen LogP contribution in [-0.4, -0.2) is 37.0 Å². The van der Waals surface area contributed by atoms with E-state index in [4.69, 9.17) is 0 Å². The maximum atomic E-state index is 11.9. The average molecular weight is 212 g/mol. The van der Waals surface area contributed by atoms with E-state index in [1.165, 1.54) is 19.3 Å². The van der Waals surface area contributed by atoms with Crippen LogP contribution in [0.2, 0.25) is 0 Å². The number of nitrogens with zero attached hydrogens (tertiary/aromatic N) is 1. The normalized spacial score (nSPS) is 15.3. The second-order valence-electron chi connectivity index (χ2n) is 4.38. The third-order valence-electron chi connectivity index (χ3n) is 2.88. The van der Waals surface area contributed by atoms with Crippen LogP contribution < -0.4 is 5.32 Å². The van der Waals surface area contributed by atoms with Gasteiger partial charge in [-0.3, -0.25) is 4.79 Å². The van der Waals surface area contributed by atoms with Gasteiger partial charge in [-0.25, -0.2) is 0 Å². The van der Waals surface area contributed by atoms with Gasteiger partial charge in [-0.05, 0) is 39.3 Å². The van der Waals surface area contributed by atoms with Gasteiger partial charge in [0, 0.05) is 19.0 Å². The van der Waals surface area contributed by atoms with E-state index in [1.54, 1.807) is 0 Å². The van der Waals surface area contributed by atoms with Crippen molar-refractivity contribution in [2.75, 3.05) is 20.1 Å². The Morgan fingerprint density at radius 2 is 2.13 bits per heavy atom. The van der Waals surface area contributed by atoms with Crippen LogP contribution in [0.15, 0.2) is 0 Å². The molecule has 3 nitrogen and oxygen atoms in total. The molecule has 0 saturated heterocycles. The molecule has 1 aliphatic rings. The molecule has 0 radical (unpaired) electrons. The van der Waals surface area contributed by atoms with Gasteiger partial charge < -0.3 is 10.2 Å². The number of carbonyl (C=O) groups is 1. The lowest BCUT2D eigenvalue weighted by molar-refractivity contribution is -0.131. The molecule has 1 amide bonds. The summed E-state index contributed by atoms with van der Waals surface area (Å²) >= 11 is 0. The Labute approximate surface area is 93.2 Å². The van der Waals surface area contributed by atoms with E-state index < -0.39 is 0 Å². The molecule has 1 fully saturated rings. The summed E-state index contributed by atoms with van der Waals surface area (Å²) < 4.78 is 0. The van der Waals surface area contributed by atoms with Crippen LogP contribution in [-0.2, 0) is 4.79 Å². The number of nitrogens with one attached hydrogen (secondary N) is 1. The zero-order valence-electron chi connectivity index (χ0n) is 10.1. The number of carbonyl (C=O) groups excluding carboxylic acids is 1. The molecular weight excluding hydrogens is 188 g/mol. The number of amides is 1. The fourth-order valence-corrected chi connectivity index (χ4v) is 1.79. The molecule has 3 heteroatoms. The highest BCUT2D eigenvalue weighted by Crippen LogP contribution is 2.27. The van der Waals surface area contributed by atoms with Crippen molar-refractivity contribution in [3.8, 4) is 0 Å². The molecule has 1 N–H and O–H groups in total. The minimum atomic E-state index is 0.362. The quantitative estimate of drug-likeness (QED) is 0.622. The van der Waals surface area contributed by atoms with Crippen LogP contribution in [0.3, 0.4) is 0 Å². The maximum Gasteiger partial charge on any atom is 0.222 e. The molecule has 15 heavy (non-hydrogen) atoms. The largest absolute Gasteiger partial charge is 0.340 e. The first-order valence-corrected chi connectivity index (χ1v) is 6.23. The van der Waals surface area contributed by atoms with Gasteiger partial charge in [0.2, 0.25) is 5.91 Å². The molecule has 0 aromatic heterocycles. The second-order valence-corrected chi connectivity index (χ2v) is 4.38. The number of hydrogen-bond acceptors (Lipinski definition) is 2. The first-order chi connectivity index (χ1) is 7.29. The summed E-state index contributed by atoms with van der Waals surface area (Å²) in [6.07, 6.45) is 6.44. The fourth-order valence-electron chi connectivity index (χ4n) is 1.79. The molecule has 0 aromatic rings. The third kappa shape index (κ3) is 4.65. The van der Waals surface area contributed by atoms with Crippen LogP contribution >= 0.6 is 0 Å². The van der Waals surface area contributed by atoms with Crippen molar-refractivity contribution in [1.29, 1.82) is 0 Å². The van der Waals surface area contributed by atoms with Gasteiger partial charge in [-0.15, -0.1) is 0 Å². The number of unbranched alkanes of at least 4 members (excludes halogenated alkanes) is 1. The van der Waals surface area contributed by atoms with Crippen molar-refractivity contribution in [3.63, 3.8) is 0 Å². The van der Waals surface area contributed by atoms with Gasteiger partial charge >= 0.3 is 0 Å². The summed E-state index contributed by atoms with van der Waals surface area (Å²) in [6, 6.07) is 0.582. The summed E-state index contributed by atoms with van der Waals surface area (Å²) in [5.74, 6) is 0.362. The van der Waals surface area contributed by atoms with Gasteiger partial charge in [-0.1, -0.05) is 13.3 Å². The summed E-state index contributed by atoms with van der Waals surface area (Å²) in [6.45, 7) is 4.09. The minimum Gasteiger partial charge on any atom is -0.340 e. The van der Waals surface area contributed by atoms with Crippen molar-refractivity contribution in [3.05, 3.63) is 0 Å². The molecule has 1 aliphatic carbocycles. The van der Waals surface area contributed by atoms with E-state index in [0.29, 0.717) is 18.4 Å². The molecule has 1 rings (SSSR count). The lowest BCUT2D eigenvalue weighted by atomic mass is 10.2. The summed E-state index contributed by atoms with van der Waals surface area (Å²) in [5.41, 5.74) is 0. The Kier molecular flexibility index (Phi) is 5.69. The predicted octanol–water partition coefficient (Wildman–Crippen LogP) is 1.78. The Balaban J connectivity index is 2.24. The van der Waals surface area contributed by atoms with Crippen molar-refractivity contribution in [1.82, 2.24) is 10.2 Å². The van der Waals surface area contributed by atoms with Gasteiger partial charge in [0.25, 0.3) is 0 Å². The highest BCUT2D eigenvalue weighted by atomic mass is 16.2. The Bertz CT molecular complexity index is 190. The molecule has 88 valence electrons. The summed E-state index contributed by atoms with van der Waals surface area (Å²) in [4.78, 5) is 14.0. The average Bonchev–Trinajstić information content (AvgIpc) is 3.03. The summed E-state index contributed by atoms with van der Waals surface area (Å²) in [7, 11) is 1.93. The van der Waals surface area contributed by atoms with Gasteiger partial charge in [-0.2, -0.15) is 0 Å². The van der Waals surface area contributed by atoms with Gasteiger partial charge in [0.15, 0.2) is 0 Å². The molecule has 0 aliphatic heterocycles.